The number of H-pyrrole nitrogens is 11. The molecule has 0 saturated carbocycles. The Kier molecular flexibility index (Phi) is 70.6. The standard InChI is InChI=1S/C8H14N2O3.C8H14N2O2S.C7H13FN4O.C7H15N5O.C7H14N4OS.3C7H14N4O.C7H13N3O3.C7H13N3O2S.CO2/c2*1-10(4-3-5-12-2)8-6-7(11)9-13-8;1-12(4-3-5-13-2)7-6(8)9-11-10-7;1-12(4-3-5-13-2)7-9-6(8)10-11-7;1-11(4-3-5-12-2)6-7(13)9-10-8-6;1-11(4-3-5-12-2)7-8-6-9-10-7;2*1-11(4-3-5-12-2)7-6-8-10-9-7;1-10(4-3-5-12-2)6-8-7(11)13-9-6;1-10(4-3-5-12-2)6-7(11)9-13-8-6;2-1-3/h2*6H,3-5H2,1-2H3,(H,9,11);3-5H2,1-2H3,(H,9,10,11);3-5H2,1-2H3,(H3,8,9,10,11);3-5H2,1-2H3,(H2,8,9,10,13);3*6H,3-5H2,1-2H3,(H,8,9,10);3-5H2,1-2H3,(H,8,9,11);3-5H2,1-2H3,(H,9,11);. The maximum atomic E-state index is 12.8. The van der Waals surface area contributed by atoms with Gasteiger partial charge in [0.25, 0.3) is 17.1 Å². The van der Waals surface area contributed by atoms with Gasteiger partial charge in [-0.15, -0.1) is 30.6 Å². The van der Waals surface area contributed by atoms with Gasteiger partial charge in [0, 0.05) is 291 Å². The first-order chi connectivity index (χ1) is 62.6. The Morgan fingerprint density at radius 1 is 0.462 bits per heavy atom. The topological polar surface area (TPSA) is 621 Å². The maximum absolute atomic E-state index is 12.8. The molecular weight excluding hydrogens is 1770 g/mol. The molecule has 0 amide bonds. The lowest BCUT2D eigenvalue weighted by Gasteiger charge is -2.15. The van der Waals surface area contributed by atoms with Crippen LogP contribution in [-0.4, -0.2) is 400 Å². The van der Waals surface area contributed by atoms with Gasteiger partial charge in [0.1, 0.15) is 11.3 Å². The molecule has 0 aromatic carbocycles. The highest BCUT2D eigenvalue weighted by molar-refractivity contribution is 7.71. The van der Waals surface area contributed by atoms with Gasteiger partial charge in [-0.2, -0.15) is 64.4 Å². The molecule has 0 aliphatic rings. The van der Waals surface area contributed by atoms with Crippen LogP contribution in [-0.2, 0) is 57.0 Å². The van der Waals surface area contributed by atoms with Crippen LogP contribution in [0, 0.1) is 10.6 Å². The number of rotatable bonds is 50. The number of aromatic nitrogens is 24. The minimum absolute atomic E-state index is 0.0291. The number of nitrogens with zero attached hydrogens (tertiary/aromatic N) is 23. The predicted molar refractivity (Wildman–Crippen MR) is 497 cm³/mol. The molecule has 57 heteroatoms. The molecule has 0 radical (unpaired) electrons. The van der Waals surface area contributed by atoms with Gasteiger partial charge in [0.05, 0.1) is 18.5 Å². The normalized spacial score (nSPS) is 10.1. The minimum Gasteiger partial charge on any atom is -0.385 e. The molecule has 10 aromatic rings. The molecular formula is C73H138FN35O18S3. The second kappa shape index (κ2) is 77.5. The van der Waals surface area contributed by atoms with Crippen molar-refractivity contribution in [1.29, 1.82) is 0 Å². The van der Waals surface area contributed by atoms with Crippen molar-refractivity contribution in [2.45, 2.75) is 64.2 Å². The molecule has 738 valence electrons. The largest absolute Gasteiger partial charge is 0.440 e. The Morgan fingerprint density at radius 2 is 0.885 bits per heavy atom. The minimum atomic E-state index is -0.570. The van der Waals surface area contributed by atoms with Crippen LogP contribution in [0.3, 0.4) is 0 Å². The fourth-order valence-corrected chi connectivity index (χ4v) is 11.3. The summed E-state index contributed by atoms with van der Waals surface area (Å²) >= 11 is 7.45. The third-order valence-electron chi connectivity index (χ3n) is 16.7. The van der Waals surface area contributed by atoms with Crippen LogP contribution < -0.4 is 77.2 Å². The first-order valence-corrected chi connectivity index (χ1v) is 42.6. The molecule has 10 heterocycles. The van der Waals surface area contributed by atoms with Crippen molar-refractivity contribution in [3.8, 4) is 0 Å². The summed E-state index contributed by atoms with van der Waals surface area (Å²) in [4.78, 5) is 89.2. The number of hydrogen-bond acceptors (Lipinski definition) is 45. The highest BCUT2D eigenvalue weighted by Crippen LogP contribution is 2.16. The molecule has 53 nitrogen and oxygen atoms in total. The average molecular weight is 1910 g/mol. The monoisotopic (exact) mass is 1910 g/mol. The van der Waals surface area contributed by atoms with Crippen molar-refractivity contribution in [3.63, 3.8) is 0 Å². The second-order valence-corrected chi connectivity index (χ2v) is 28.9. The Balaban J connectivity index is 0.00000142. The summed E-state index contributed by atoms with van der Waals surface area (Å²) in [6.07, 6.45) is 14.5. The Labute approximate surface area is 767 Å². The quantitative estimate of drug-likeness (QED) is 0.0193. The van der Waals surface area contributed by atoms with Crippen LogP contribution in [0.25, 0.3) is 0 Å². The highest BCUT2D eigenvalue weighted by atomic mass is 32.1. The third kappa shape index (κ3) is 56.7. The van der Waals surface area contributed by atoms with Crippen molar-refractivity contribution >= 4 is 105 Å². The van der Waals surface area contributed by atoms with Gasteiger partial charge < -0.3 is 107 Å². The molecule has 130 heavy (non-hydrogen) atoms. The van der Waals surface area contributed by atoms with E-state index in [9.17, 15) is 23.6 Å². The number of methoxy groups -OCH3 is 10. The van der Waals surface area contributed by atoms with E-state index in [0.29, 0.717) is 67.2 Å². The van der Waals surface area contributed by atoms with E-state index >= 15 is 0 Å². The molecule has 0 saturated heterocycles. The fourth-order valence-electron chi connectivity index (χ4n) is 9.82. The Bertz CT molecular complexity index is 4180. The summed E-state index contributed by atoms with van der Waals surface area (Å²) < 4.78 is 81.1. The molecule has 13 N–H and O–H groups in total. The summed E-state index contributed by atoms with van der Waals surface area (Å²) in [6.45, 7) is 15.8. The molecule has 0 aliphatic carbocycles. The third-order valence-corrected chi connectivity index (χ3v) is 18.5. The molecule has 0 aliphatic heterocycles. The van der Waals surface area contributed by atoms with Gasteiger partial charge in [-0.1, -0.05) is 12.2 Å². The number of hydrogen-bond donors (Lipinski definition) is 12. The SMILES string of the molecule is COCCCN(C)c1cc(=O)[nH]o1.COCCCN(C)c1cc(=O)[nH]s1.COCCCN(C)c1cn[nH]n1.COCCCN(C)c1cn[nH]n1.COCCCN(C)c1n[nH][nH]c1=S.COCCCN(C)c1n[nH]c(N)n1.COCCCN(C)c1n[nH]nc1F.COCCCN(C)c1ncn[nH]1.COCCCN(C)c1noc(=O)[nH]1.COCCCN(C)c1ns[nH]c1=O.O=C=O. The summed E-state index contributed by atoms with van der Waals surface area (Å²) in [5, 5.41) is 58.8. The number of halogens is 1. The lowest BCUT2D eigenvalue weighted by atomic mass is 10.4. The molecule has 10 rings (SSSR count). The average Bonchev–Trinajstić information content (AvgIpc) is 1.79. The van der Waals surface area contributed by atoms with E-state index in [1.54, 1.807) is 106 Å². The zero-order valence-electron chi connectivity index (χ0n) is 78.4. The first-order valence-electron chi connectivity index (χ1n) is 40.6. The number of ether oxygens (including phenoxy) is 10. The van der Waals surface area contributed by atoms with Crippen molar-refractivity contribution in [2.24, 2.45) is 0 Å². The van der Waals surface area contributed by atoms with Gasteiger partial charge >= 0.3 is 17.5 Å². The highest BCUT2D eigenvalue weighted by Gasteiger charge is 2.14. The van der Waals surface area contributed by atoms with Crippen LogP contribution in [0.15, 0.2) is 59.1 Å². The maximum Gasteiger partial charge on any atom is 0.440 e. The lowest BCUT2D eigenvalue weighted by Crippen LogP contribution is -2.25. The fraction of sp³-hybridized carbons (Fsp3) is 0.685. The Hall–Kier alpha value is -11.5. The van der Waals surface area contributed by atoms with Crippen LogP contribution >= 0.6 is 35.5 Å². The first kappa shape index (κ1) is 119. The molecule has 0 bridgehead atoms. The van der Waals surface area contributed by atoms with Crippen molar-refractivity contribution in [1.82, 2.24) is 120 Å². The van der Waals surface area contributed by atoms with Crippen LogP contribution in [0.5, 0.6) is 0 Å². The predicted octanol–water partition coefficient (Wildman–Crippen LogP) is 2.95. The van der Waals surface area contributed by atoms with Gasteiger partial charge in [-0.3, -0.25) is 37.7 Å². The smallest absolute Gasteiger partial charge is 0.385 e. The van der Waals surface area contributed by atoms with E-state index in [1.807, 2.05) is 103 Å². The molecule has 0 spiro atoms. The zero-order chi connectivity index (χ0) is 96.9. The molecule has 0 atom stereocenters. The number of nitrogen functional groups attached to an aromatic ring is 1. The number of aromatic amines is 11. The summed E-state index contributed by atoms with van der Waals surface area (Å²) in [7, 11) is 35.9. The van der Waals surface area contributed by atoms with E-state index in [4.69, 9.17) is 79.4 Å². The molecule has 0 unspecified atom stereocenters. The van der Waals surface area contributed by atoms with Gasteiger partial charge in [-0.05, 0) is 80.9 Å². The van der Waals surface area contributed by atoms with E-state index < -0.39 is 11.7 Å². The van der Waals surface area contributed by atoms with Crippen LogP contribution in [0.2, 0.25) is 0 Å². The van der Waals surface area contributed by atoms with E-state index in [2.05, 4.69) is 125 Å². The number of carbonyl (C=O) groups excluding carboxylic acids is 2. The molecule has 0 fully saturated rings. The van der Waals surface area contributed by atoms with Crippen LogP contribution in [0.1, 0.15) is 64.2 Å². The van der Waals surface area contributed by atoms with Gasteiger partial charge in [0.15, 0.2) is 22.1 Å². The summed E-state index contributed by atoms with van der Waals surface area (Å²) in [5.41, 5.74) is 5.03. The number of anilines is 11. The van der Waals surface area contributed by atoms with Gasteiger partial charge in [-0.25, -0.2) is 20.2 Å². The Morgan fingerprint density at radius 3 is 1.22 bits per heavy atom. The summed E-state index contributed by atoms with van der Waals surface area (Å²) in [5.74, 6) is 4.91. The van der Waals surface area contributed by atoms with Gasteiger partial charge in [0.2, 0.25) is 41.3 Å². The number of nitrogens with two attached hydrogens (primary N) is 1. The van der Waals surface area contributed by atoms with E-state index in [-0.39, 0.29) is 28.6 Å². The second-order valence-electron chi connectivity index (χ2n) is 27.1. The molecule has 10 aromatic heterocycles. The van der Waals surface area contributed by atoms with E-state index in [0.717, 1.165) is 203 Å². The summed E-state index contributed by atoms with van der Waals surface area (Å²) in [6, 6.07) is 3.03. The van der Waals surface area contributed by atoms with Crippen LogP contribution in [0.4, 0.5) is 68.2 Å². The van der Waals surface area contributed by atoms with Crippen molar-refractivity contribution in [2.75, 3.05) is 328 Å². The van der Waals surface area contributed by atoms with Crippen molar-refractivity contribution < 1.29 is 70.4 Å². The number of nitrogens with one attached hydrogen (secondary N) is 11. The van der Waals surface area contributed by atoms with E-state index in [1.165, 1.54) is 23.9 Å². The zero-order valence-corrected chi connectivity index (χ0v) is 80.9. The lowest BCUT2D eigenvalue weighted by molar-refractivity contribution is -0.191. The van der Waals surface area contributed by atoms with Crippen molar-refractivity contribution in [3.05, 3.63) is 83.1 Å².